The molecule has 1 heterocycles. The van der Waals surface area contributed by atoms with Gasteiger partial charge in [-0.05, 0) is 56.3 Å². The first-order valence-corrected chi connectivity index (χ1v) is 11.4. The fourth-order valence-electron chi connectivity index (χ4n) is 3.94. The first-order chi connectivity index (χ1) is 17.4. The molecule has 0 aliphatic carbocycles. The van der Waals surface area contributed by atoms with Crippen LogP contribution in [-0.2, 0) is 14.3 Å². The van der Waals surface area contributed by atoms with Crippen molar-refractivity contribution >= 4 is 17.8 Å². The lowest BCUT2D eigenvalue weighted by atomic mass is 9.76. The summed E-state index contributed by atoms with van der Waals surface area (Å²) >= 11 is 0. The van der Waals surface area contributed by atoms with E-state index in [1.54, 1.807) is 43.3 Å². The first-order valence-electron chi connectivity index (χ1n) is 11.4. The van der Waals surface area contributed by atoms with Gasteiger partial charge in [-0.25, -0.2) is 9.59 Å². The number of aryl methyl sites for hydroxylation is 1. The van der Waals surface area contributed by atoms with Crippen LogP contribution in [0.5, 0.6) is 11.5 Å². The van der Waals surface area contributed by atoms with Crippen molar-refractivity contribution in [2.75, 3.05) is 13.7 Å². The summed E-state index contributed by atoms with van der Waals surface area (Å²) in [5, 5.41) is 2.63. The average molecular weight is 484 g/mol. The molecule has 0 radical (unpaired) electrons. The minimum atomic E-state index is -2.22. The number of hydrogen-bond acceptors (Lipinski definition) is 6. The molecular weight excluding hydrogens is 458 g/mol. The molecular formula is C29H25NO6. The average Bonchev–Trinajstić information content (AvgIpc) is 2.89. The summed E-state index contributed by atoms with van der Waals surface area (Å²) in [5.41, 5.74) is 0.242. The molecule has 0 aromatic heterocycles. The quantitative estimate of drug-likeness (QED) is 0.257. The van der Waals surface area contributed by atoms with Crippen LogP contribution in [-0.4, -0.2) is 37.1 Å². The second-order valence-electron chi connectivity index (χ2n) is 8.21. The molecule has 0 spiro atoms. The Morgan fingerprint density at radius 2 is 1.72 bits per heavy atom. The normalized spacial score (nSPS) is 18.1. The molecule has 0 fully saturated rings. The van der Waals surface area contributed by atoms with Crippen LogP contribution in [0, 0.1) is 18.8 Å². The molecule has 1 amide bonds. The zero-order valence-electron chi connectivity index (χ0n) is 20.2. The maximum absolute atomic E-state index is 13.5. The number of fused-ring (bicyclic) bond motifs is 1. The van der Waals surface area contributed by atoms with Crippen molar-refractivity contribution < 1.29 is 28.6 Å². The molecule has 36 heavy (non-hydrogen) atoms. The van der Waals surface area contributed by atoms with Gasteiger partial charge in [-0.2, -0.15) is 0 Å². The highest BCUT2D eigenvalue weighted by molar-refractivity contribution is 6.13. The highest BCUT2D eigenvalue weighted by Gasteiger charge is 2.60. The zero-order chi connectivity index (χ0) is 25.7. The van der Waals surface area contributed by atoms with E-state index in [9.17, 15) is 14.4 Å². The largest absolute Gasteiger partial charge is 0.497 e. The van der Waals surface area contributed by atoms with E-state index in [4.69, 9.17) is 14.2 Å². The first kappa shape index (κ1) is 24.6. The van der Waals surface area contributed by atoms with Crippen LogP contribution < -0.4 is 14.8 Å². The van der Waals surface area contributed by atoms with E-state index in [0.29, 0.717) is 16.9 Å². The molecule has 1 N–H and O–H groups in total. The van der Waals surface area contributed by atoms with Crippen molar-refractivity contribution in [3.05, 3.63) is 95.1 Å². The summed E-state index contributed by atoms with van der Waals surface area (Å²) in [7, 11) is 1.51. The molecule has 2 atom stereocenters. The van der Waals surface area contributed by atoms with E-state index in [1.165, 1.54) is 19.2 Å². The van der Waals surface area contributed by atoms with Gasteiger partial charge in [0.25, 0.3) is 11.4 Å². The van der Waals surface area contributed by atoms with Gasteiger partial charge in [0.05, 0.1) is 19.6 Å². The van der Waals surface area contributed by atoms with Gasteiger partial charge in [0, 0.05) is 16.7 Å². The Balaban J connectivity index is 1.85. The van der Waals surface area contributed by atoms with Crippen LogP contribution in [0.25, 0.3) is 0 Å². The molecule has 0 saturated heterocycles. The fraction of sp³-hybridized carbons (Fsp3) is 0.207. The lowest BCUT2D eigenvalue weighted by molar-refractivity contribution is -0.162. The van der Waals surface area contributed by atoms with Crippen molar-refractivity contribution in [1.29, 1.82) is 0 Å². The third-order valence-electron chi connectivity index (χ3n) is 5.86. The highest BCUT2D eigenvalue weighted by Crippen LogP contribution is 2.41. The molecule has 7 nitrogen and oxygen atoms in total. The smallest absolute Gasteiger partial charge is 0.350 e. The number of methoxy groups -OCH3 is 1. The summed E-state index contributed by atoms with van der Waals surface area (Å²) in [6.45, 7) is 3.57. The van der Waals surface area contributed by atoms with E-state index >= 15 is 0 Å². The minimum Gasteiger partial charge on any atom is -0.497 e. The van der Waals surface area contributed by atoms with Gasteiger partial charge >= 0.3 is 11.9 Å². The molecule has 3 aromatic carbocycles. The van der Waals surface area contributed by atoms with Crippen molar-refractivity contribution in [3.8, 4) is 23.3 Å². The maximum atomic E-state index is 13.5. The minimum absolute atomic E-state index is 0.00791. The predicted octanol–water partition coefficient (Wildman–Crippen LogP) is 3.79. The van der Waals surface area contributed by atoms with Crippen LogP contribution in [0.2, 0.25) is 0 Å². The van der Waals surface area contributed by atoms with Gasteiger partial charge < -0.3 is 19.5 Å². The molecule has 0 saturated carbocycles. The predicted molar refractivity (Wildman–Crippen MR) is 133 cm³/mol. The van der Waals surface area contributed by atoms with E-state index in [1.807, 2.05) is 31.2 Å². The second kappa shape index (κ2) is 10.4. The molecule has 3 aromatic rings. The van der Waals surface area contributed by atoms with Crippen molar-refractivity contribution in [1.82, 2.24) is 5.32 Å². The Labute approximate surface area is 209 Å². The van der Waals surface area contributed by atoms with E-state index in [0.717, 1.165) is 5.56 Å². The Morgan fingerprint density at radius 3 is 2.39 bits per heavy atom. The summed E-state index contributed by atoms with van der Waals surface area (Å²) in [5.74, 6) is 3.28. The number of esters is 2. The van der Waals surface area contributed by atoms with Gasteiger partial charge in [0.1, 0.15) is 11.5 Å². The molecule has 1 aliphatic heterocycles. The van der Waals surface area contributed by atoms with Gasteiger partial charge in [-0.3, -0.25) is 4.79 Å². The highest BCUT2D eigenvalue weighted by atomic mass is 16.6. The number of carbonyl (C=O) groups is 3. The molecule has 0 unspecified atom stereocenters. The maximum Gasteiger partial charge on any atom is 0.350 e. The molecule has 1 aliphatic rings. The fourth-order valence-corrected chi connectivity index (χ4v) is 3.94. The second-order valence-corrected chi connectivity index (χ2v) is 8.21. The van der Waals surface area contributed by atoms with Gasteiger partial charge in [-0.15, -0.1) is 0 Å². The van der Waals surface area contributed by atoms with Crippen molar-refractivity contribution in [2.45, 2.75) is 25.3 Å². The van der Waals surface area contributed by atoms with Crippen molar-refractivity contribution in [3.63, 3.8) is 0 Å². The number of benzene rings is 3. The van der Waals surface area contributed by atoms with Gasteiger partial charge in [0.15, 0.2) is 0 Å². The SMILES string of the molecule is CCOC(=O)[C@@]1(NC(=O)c2ccc(OC)cc2)C(=O)Oc2ccccc2[C@H]1C#Cc1ccc(C)cc1. The van der Waals surface area contributed by atoms with Gasteiger partial charge in [0.2, 0.25) is 0 Å². The Hall–Kier alpha value is -4.57. The Bertz CT molecular complexity index is 1350. The van der Waals surface area contributed by atoms with Crippen LogP contribution in [0.15, 0.2) is 72.8 Å². The third-order valence-corrected chi connectivity index (χ3v) is 5.86. The number of amides is 1. The van der Waals surface area contributed by atoms with E-state index in [2.05, 4.69) is 17.2 Å². The summed E-state index contributed by atoms with van der Waals surface area (Å²) < 4.78 is 16.0. The summed E-state index contributed by atoms with van der Waals surface area (Å²) in [4.78, 5) is 40.3. The number of carbonyl (C=O) groups excluding carboxylic acids is 3. The number of ether oxygens (including phenoxy) is 3. The number of hydrogen-bond donors (Lipinski definition) is 1. The third kappa shape index (κ3) is 4.66. The standard InChI is InChI=1S/C29H25NO6/c1-4-35-27(32)29(30-26(31)21-14-16-22(34-3)17-15-21)24(18-13-20-11-9-19(2)10-12-20)23-7-5-6-8-25(23)36-28(29)33/h5-12,14-17,24H,4H2,1-3H3,(H,30,31)/t24-,29-/m1/s1. The Morgan fingerprint density at radius 1 is 1.03 bits per heavy atom. The summed E-state index contributed by atoms with van der Waals surface area (Å²) in [6, 6.07) is 20.6. The van der Waals surface area contributed by atoms with Gasteiger partial charge in [-0.1, -0.05) is 47.7 Å². The molecule has 182 valence electrons. The monoisotopic (exact) mass is 483 g/mol. The molecule has 0 bridgehead atoms. The van der Waals surface area contributed by atoms with Crippen LogP contribution in [0.1, 0.15) is 39.9 Å². The zero-order valence-corrected chi connectivity index (χ0v) is 20.2. The lowest BCUT2D eigenvalue weighted by Gasteiger charge is -2.38. The van der Waals surface area contributed by atoms with Crippen molar-refractivity contribution in [2.24, 2.45) is 0 Å². The summed E-state index contributed by atoms with van der Waals surface area (Å²) in [6.07, 6.45) is 0. The van der Waals surface area contributed by atoms with Crippen LogP contribution >= 0.6 is 0 Å². The molecule has 4 rings (SSSR count). The number of nitrogens with one attached hydrogen (secondary N) is 1. The topological polar surface area (TPSA) is 90.9 Å². The number of rotatable bonds is 5. The van der Waals surface area contributed by atoms with E-state index < -0.39 is 29.3 Å². The lowest BCUT2D eigenvalue weighted by Crippen LogP contribution is -2.66. The number of para-hydroxylation sites is 1. The van der Waals surface area contributed by atoms with E-state index in [-0.39, 0.29) is 17.9 Å². The van der Waals surface area contributed by atoms with Crippen LogP contribution in [0.3, 0.4) is 0 Å². The molecule has 7 heteroatoms. The Kier molecular flexibility index (Phi) is 7.07. The van der Waals surface area contributed by atoms with Crippen LogP contribution in [0.4, 0.5) is 0 Å².